The van der Waals surface area contributed by atoms with Gasteiger partial charge >= 0.3 is 0 Å². The Kier molecular flexibility index (Phi) is 6.85. The minimum atomic E-state index is -0.270. The molecule has 30 heavy (non-hydrogen) atoms. The van der Waals surface area contributed by atoms with Gasteiger partial charge in [0.1, 0.15) is 11.9 Å². The number of carbonyl (C=O) groups excluding carboxylic acids is 1. The highest BCUT2D eigenvalue weighted by Crippen LogP contribution is 2.28. The minimum Gasteiger partial charge on any atom is -0.493 e. The molecule has 2 aromatic carbocycles. The number of nitrogens with one attached hydrogen (secondary N) is 1. The van der Waals surface area contributed by atoms with Crippen LogP contribution in [0.2, 0.25) is 0 Å². The first-order valence-corrected chi connectivity index (χ1v) is 9.34. The van der Waals surface area contributed by atoms with E-state index in [1.54, 1.807) is 29.0 Å². The fraction of sp³-hybridized carbons (Fsp3) is 0.174. The van der Waals surface area contributed by atoms with E-state index in [4.69, 9.17) is 14.7 Å². The number of hydrogen-bond donors (Lipinski definition) is 1. The molecule has 0 bridgehead atoms. The van der Waals surface area contributed by atoms with Crippen molar-refractivity contribution in [2.75, 3.05) is 19.0 Å². The van der Waals surface area contributed by atoms with Crippen molar-refractivity contribution in [2.45, 2.75) is 13.5 Å². The van der Waals surface area contributed by atoms with Gasteiger partial charge in [0.25, 0.3) is 0 Å². The number of carbonyl (C=O) groups is 1. The van der Waals surface area contributed by atoms with Crippen LogP contribution in [0.15, 0.2) is 60.7 Å². The van der Waals surface area contributed by atoms with Gasteiger partial charge in [0.05, 0.1) is 19.3 Å². The van der Waals surface area contributed by atoms with Crippen LogP contribution >= 0.6 is 0 Å². The van der Waals surface area contributed by atoms with Gasteiger partial charge in [0.2, 0.25) is 5.91 Å². The number of aryl methyl sites for hydroxylation is 1. The van der Waals surface area contributed by atoms with Gasteiger partial charge < -0.3 is 14.8 Å². The van der Waals surface area contributed by atoms with E-state index in [-0.39, 0.29) is 12.5 Å². The first-order valence-electron chi connectivity index (χ1n) is 9.34. The van der Waals surface area contributed by atoms with Crippen molar-refractivity contribution in [1.82, 2.24) is 9.78 Å². The molecule has 0 spiro atoms. The maximum Gasteiger partial charge on any atom is 0.249 e. The minimum absolute atomic E-state index is 0.0654. The van der Waals surface area contributed by atoms with Gasteiger partial charge in [0, 0.05) is 12.1 Å². The maximum absolute atomic E-state index is 12.4. The molecule has 0 saturated carbocycles. The second-order valence-corrected chi connectivity index (χ2v) is 6.49. The SMILES string of the molecule is COc1cc(/C=C/C(=O)Nc2cc(C)nn2Cc2ccccc2)ccc1OCC#N. The molecule has 0 aliphatic rings. The highest BCUT2D eigenvalue weighted by atomic mass is 16.5. The van der Waals surface area contributed by atoms with E-state index in [0.717, 1.165) is 16.8 Å². The van der Waals surface area contributed by atoms with Crippen LogP contribution in [0.5, 0.6) is 11.5 Å². The monoisotopic (exact) mass is 402 g/mol. The molecule has 7 nitrogen and oxygen atoms in total. The molecule has 0 fully saturated rings. The summed E-state index contributed by atoms with van der Waals surface area (Å²) in [7, 11) is 1.52. The summed E-state index contributed by atoms with van der Waals surface area (Å²) in [5.74, 6) is 1.32. The molecule has 0 aliphatic heterocycles. The highest BCUT2D eigenvalue weighted by molar-refractivity contribution is 6.01. The van der Waals surface area contributed by atoms with E-state index in [1.807, 2.05) is 49.4 Å². The Balaban J connectivity index is 1.69. The quantitative estimate of drug-likeness (QED) is 0.579. The molecule has 1 N–H and O–H groups in total. The van der Waals surface area contributed by atoms with E-state index in [9.17, 15) is 4.79 Å². The van der Waals surface area contributed by atoms with Crippen LogP contribution in [0.4, 0.5) is 5.82 Å². The second-order valence-electron chi connectivity index (χ2n) is 6.49. The Bertz CT molecular complexity index is 1080. The number of methoxy groups -OCH3 is 1. The summed E-state index contributed by atoms with van der Waals surface area (Å²) in [4.78, 5) is 12.4. The summed E-state index contributed by atoms with van der Waals surface area (Å²) in [6.07, 6.45) is 3.12. The molecule has 1 aromatic heterocycles. The Morgan fingerprint density at radius 3 is 2.73 bits per heavy atom. The standard InChI is InChI=1S/C23H22N4O3/c1-17-14-22(27(26-17)16-19-6-4-3-5-7-19)25-23(28)11-9-18-8-10-20(30-13-12-24)21(15-18)29-2/h3-11,14-15H,13,16H2,1-2H3,(H,25,28)/b11-9+. The van der Waals surface area contributed by atoms with Gasteiger partial charge in [-0.2, -0.15) is 10.4 Å². The summed E-state index contributed by atoms with van der Waals surface area (Å²) in [6, 6.07) is 18.9. The van der Waals surface area contributed by atoms with Gasteiger partial charge in [0.15, 0.2) is 18.1 Å². The number of amides is 1. The van der Waals surface area contributed by atoms with Crippen LogP contribution in [0, 0.1) is 18.3 Å². The zero-order chi connectivity index (χ0) is 21.3. The largest absolute Gasteiger partial charge is 0.493 e. The molecule has 0 radical (unpaired) electrons. The molecule has 0 unspecified atom stereocenters. The Labute approximate surface area is 175 Å². The average molecular weight is 402 g/mol. The Morgan fingerprint density at radius 1 is 1.20 bits per heavy atom. The highest BCUT2D eigenvalue weighted by Gasteiger charge is 2.09. The molecular weight excluding hydrogens is 380 g/mol. The zero-order valence-electron chi connectivity index (χ0n) is 16.8. The summed E-state index contributed by atoms with van der Waals surface area (Å²) in [5, 5.41) is 16.0. The molecule has 3 rings (SSSR count). The lowest BCUT2D eigenvalue weighted by Gasteiger charge is -2.09. The number of nitrogens with zero attached hydrogens (tertiary/aromatic N) is 3. The number of anilines is 1. The first-order chi connectivity index (χ1) is 14.6. The van der Waals surface area contributed by atoms with Gasteiger partial charge in [-0.3, -0.25) is 4.79 Å². The number of hydrogen-bond acceptors (Lipinski definition) is 5. The molecule has 0 aliphatic carbocycles. The van der Waals surface area contributed by atoms with Crippen LogP contribution in [0.1, 0.15) is 16.8 Å². The van der Waals surface area contributed by atoms with Gasteiger partial charge in [-0.25, -0.2) is 4.68 Å². The normalized spacial score (nSPS) is 10.6. The van der Waals surface area contributed by atoms with Gasteiger partial charge in [-0.15, -0.1) is 0 Å². The number of rotatable bonds is 8. The topological polar surface area (TPSA) is 89.2 Å². The van der Waals surface area contributed by atoms with Crippen LogP contribution in [-0.2, 0) is 11.3 Å². The summed E-state index contributed by atoms with van der Waals surface area (Å²) < 4.78 is 12.3. The van der Waals surface area contributed by atoms with E-state index in [2.05, 4.69) is 10.4 Å². The molecule has 1 amide bonds. The predicted octanol–water partition coefficient (Wildman–Crippen LogP) is 3.80. The van der Waals surface area contributed by atoms with Crippen molar-refractivity contribution in [3.8, 4) is 17.6 Å². The third kappa shape index (κ3) is 5.49. The smallest absolute Gasteiger partial charge is 0.249 e. The summed E-state index contributed by atoms with van der Waals surface area (Å²) in [5.41, 5.74) is 2.68. The van der Waals surface area contributed by atoms with E-state index in [1.165, 1.54) is 13.2 Å². The number of nitriles is 1. The zero-order valence-corrected chi connectivity index (χ0v) is 16.8. The van der Waals surface area contributed by atoms with Gasteiger partial charge in [-0.05, 0) is 36.3 Å². The van der Waals surface area contributed by atoms with Crippen molar-refractivity contribution in [3.63, 3.8) is 0 Å². The lowest BCUT2D eigenvalue weighted by molar-refractivity contribution is -0.111. The van der Waals surface area contributed by atoms with Crippen molar-refractivity contribution >= 4 is 17.8 Å². The molecule has 7 heteroatoms. The fourth-order valence-corrected chi connectivity index (χ4v) is 2.88. The predicted molar refractivity (Wildman–Crippen MR) is 114 cm³/mol. The Hall–Kier alpha value is -4.05. The summed E-state index contributed by atoms with van der Waals surface area (Å²) in [6.45, 7) is 2.38. The lowest BCUT2D eigenvalue weighted by atomic mass is 10.2. The van der Waals surface area contributed by atoms with Crippen molar-refractivity contribution in [2.24, 2.45) is 0 Å². The summed E-state index contributed by atoms with van der Waals surface area (Å²) >= 11 is 0. The van der Waals surface area contributed by atoms with E-state index < -0.39 is 0 Å². The molecule has 0 atom stereocenters. The number of aromatic nitrogens is 2. The third-order valence-electron chi connectivity index (χ3n) is 4.24. The van der Waals surface area contributed by atoms with Crippen molar-refractivity contribution < 1.29 is 14.3 Å². The molecular formula is C23H22N4O3. The lowest BCUT2D eigenvalue weighted by Crippen LogP contribution is -2.13. The van der Waals surface area contributed by atoms with Crippen molar-refractivity contribution in [1.29, 1.82) is 5.26 Å². The van der Waals surface area contributed by atoms with Gasteiger partial charge in [-0.1, -0.05) is 36.4 Å². The molecule has 0 saturated heterocycles. The van der Waals surface area contributed by atoms with E-state index >= 15 is 0 Å². The first kappa shape index (κ1) is 20.7. The fourth-order valence-electron chi connectivity index (χ4n) is 2.88. The van der Waals surface area contributed by atoms with Crippen LogP contribution in [0.25, 0.3) is 6.08 Å². The molecule has 1 heterocycles. The van der Waals surface area contributed by atoms with Crippen LogP contribution < -0.4 is 14.8 Å². The third-order valence-corrected chi connectivity index (χ3v) is 4.24. The molecule has 3 aromatic rings. The molecule has 152 valence electrons. The van der Waals surface area contributed by atoms with E-state index in [0.29, 0.717) is 23.9 Å². The average Bonchev–Trinajstić information content (AvgIpc) is 3.10. The Morgan fingerprint density at radius 2 is 2.00 bits per heavy atom. The number of ether oxygens (including phenoxy) is 2. The van der Waals surface area contributed by atoms with Crippen LogP contribution in [-0.4, -0.2) is 29.4 Å². The maximum atomic E-state index is 12.4. The second kappa shape index (κ2) is 9.94. The van der Waals surface area contributed by atoms with Crippen LogP contribution in [0.3, 0.4) is 0 Å². The van der Waals surface area contributed by atoms with Crippen molar-refractivity contribution in [3.05, 3.63) is 77.5 Å². The number of benzene rings is 2.